The van der Waals surface area contributed by atoms with Crippen LogP contribution in [0.5, 0.6) is 0 Å². The fourth-order valence-corrected chi connectivity index (χ4v) is 2.36. The number of nitrogens with two attached hydrogens (primary N) is 1. The summed E-state index contributed by atoms with van der Waals surface area (Å²) in [6, 6.07) is 9.12. The highest BCUT2D eigenvalue weighted by molar-refractivity contribution is 5.95. The van der Waals surface area contributed by atoms with E-state index in [4.69, 9.17) is 10.5 Å². The monoisotopic (exact) mass is 327 g/mol. The van der Waals surface area contributed by atoms with Crippen LogP contribution in [0.25, 0.3) is 0 Å². The number of carbonyl (C=O) groups is 2. The number of hydrogen-bond donors (Lipinski definition) is 3. The number of carbonyl (C=O) groups excluding carboxylic acids is 2. The van der Waals surface area contributed by atoms with Crippen molar-refractivity contribution in [3.63, 3.8) is 0 Å². The Kier molecular flexibility index (Phi) is 7.31. The fraction of sp³-hybridized carbons (Fsp3) is 0.467. The van der Waals surface area contributed by atoms with Crippen LogP contribution in [-0.2, 0) is 14.3 Å². The molecule has 22 heavy (non-hydrogen) atoms. The van der Waals surface area contributed by atoms with E-state index in [9.17, 15) is 9.59 Å². The fourth-order valence-electron chi connectivity index (χ4n) is 2.36. The third-order valence-corrected chi connectivity index (χ3v) is 3.79. The molecule has 1 saturated heterocycles. The van der Waals surface area contributed by atoms with E-state index in [-0.39, 0.29) is 37.3 Å². The summed E-state index contributed by atoms with van der Waals surface area (Å²) in [7, 11) is 0. The van der Waals surface area contributed by atoms with Gasteiger partial charge in [-0.3, -0.25) is 9.59 Å². The molecule has 0 aromatic heterocycles. The number of anilines is 1. The van der Waals surface area contributed by atoms with Crippen LogP contribution in [0.3, 0.4) is 0 Å². The molecular weight excluding hydrogens is 306 g/mol. The largest absolute Gasteiger partial charge is 0.381 e. The van der Waals surface area contributed by atoms with E-state index in [2.05, 4.69) is 10.6 Å². The Balaban J connectivity index is 0.00000242. The van der Waals surface area contributed by atoms with Crippen LogP contribution in [-0.4, -0.2) is 38.1 Å². The highest BCUT2D eigenvalue weighted by atomic mass is 35.5. The lowest BCUT2D eigenvalue weighted by Crippen LogP contribution is -2.50. The molecule has 7 heteroatoms. The lowest BCUT2D eigenvalue weighted by Gasteiger charge is -2.34. The zero-order valence-electron chi connectivity index (χ0n) is 12.3. The Morgan fingerprint density at radius 1 is 1.18 bits per heavy atom. The lowest BCUT2D eigenvalue weighted by molar-refractivity contribution is -0.137. The summed E-state index contributed by atoms with van der Waals surface area (Å²) in [5, 5.41) is 5.40. The second kappa shape index (κ2) is 8.73. The Labute approximate surface area is 136 Å². The van der Waals surface area contributed by atoms with Gasteiger partial charge in [-0.05, 0) is 25.0 Å². The van der Waals surface area contributed by atoms with Crippen molar-refractivity contribution < 1.29 is 14.3 Å². The molecule has 1 aromatic carbocycles. The maximum absolute atomic E-state index is 12.3. The first kappa shape index (κ1) is 18.4. The second-order valence-electron chi connectivity index (χ2n) is 5.19. The summed E-state index contributed by atoms with van der Waals surface area (Å²) in [4.78, 5) is 24.1. The van der Waals surface area contributed by atoms with Crippen molar-refractivity contribution in [2.45, 2.75) is 12.8 Å². The molecule has 1 heterocycles. The van der Waals surface area contributed by atoms with Gasteiger partial charge in [-0.1, -0.05) is 18.2 Å². The minimum Gasteiger partial charge on any atom is -0.381 e. The van der Waals surface area contributed by atoms with E-state index >= 15 is 0 Å². The third kappa shape index (κ3) is 4.69. The van der Waals surface area contributed by atoms with Crippen LogP contribution in [0.1, 0.15) is 12.8 Å². The number of hydrogen-bond acceptors (Lipinski definition) is 4. The highest BCUT2D eigenvalue weighted by Gasteiger charge is 2.38. The Morgan fingerprint density at radius 2 is 1.82 bits per heavy atom. The van der Waals surface area contributed by atoms with Crippen molar-refractivity contribution in [3.8, 4) is 0 Å². The molecule has 6 nitrogen and oxygen atoms in total. The van der Waals surface area contributed by atoms with Gasteiger partial charge in [0.05, 0.1) is 12.0 Å². The van der Waals surface area contributed by atoms with Crippen molar-refractivity contribution >= 4 is 29.9 Å². The third-order valence-electron chi connectivity index (χ3n) is 3.79. The van der Waals surface area contributed by atoms with Gasteiger partial charge < -0.3 is 21.1 Å². The first-order chi connectivity index (χ1) is 10.2. The van der Waals surface area contributed by atoms with Gasteiger partial charge in [0, 0.05) is 25.4 Å². The molecule has 0 bridgehead atoms. The normalized spacial score (nSPS) is 16.2. The van der Waals surface area contributed by atoms with Crippen LogP contribution in [0.4, 0.5) is 5.69 Å². The summed E-state index contributed by atoms with van der Waals surface area (Å²) in [5.41, 5.74) is 5.85. The molecule has 0 atom stereocenters. The predicted octanol–water partition coefficient (Wildman–Crippen LogP) is 0.919. The van der Waals surface area contributed by atoms with Crippen LogP contribution < -0.4 is 16.4 Å². The van der Waals surface area contributed by atoms with Gasteiger partial charge in [-0.2, -0.15) is 0 Å². The number of para-hydroxylation sites is 1. The van der Waals surface area contributed by atoms with Gasteiger partial charge >= 0.3 is 0 Å². The first-order valence-corrected chi connectivity index (χ1v) is 7.07. The van der Waals surface area contributed by atoms with E-state index in [1.54, 1.807) is 12.1 Å². The molecule has 0 radical (unpaired) electrons. The minimum atomic E-state index is -0.606. The Bertz CT molecular complexity index is 490. The van der Waals surface area contributed by atoms with E-state index < -0.39 is 5.41 Å². The molecule has 1 aromatic rings. The Hall–Kier alpha value is -1.63. The summed E-state index contributed by atoms with van der Waals surface area (Å²) < 4.78 is 5.27. The zero-order valence-corrected chi connectivity index (χ0v) is 13.2. The summed E-state index contributed by atoms with van der Waals surface area (Å²) in [6.45, 7) is 1.26. The number of ether oxygens (including phenoxy) is 1. The summed E-state index contributed by atoms with van der Waals surface area (Å²) in [6.07, 6.45) is 1.19. The van der Waals surface area contributed by atoms with Crippen LogP contribution in [0, 0.1) is 5.41 Å². The van der Waals surface area contributed by atoms with E-state index in [0.717, 1.165) is 0 Å². The van der Waals surface area contributed by atoms with Gasteiger partial charge in [0.15, 0.2) is 0 Å². The zero-order chi connectivity index (χ0) is 15.1. The molecule has 0 saturated carbocycles. The van der Waals surface area contributed by atoms with Gasteiger partial charge in [0.1, 0.15) is 0 Å². The van der Waals surface area contributed by atoms with Crippen LogP contribution >= 0.6 is 12.4 Å². The van der Waals surface area contributed by atoms with Crippen molar-refractivity contribution in [2.24, 2.45) is 11.1 Å². The first-order valence-electron chi connectivity index (χ1n) is 7.07. The summed E-state index contributed by atoms with van der Waals surface area (Å²) >= 11 is 0. The SMILES string of the molecule is Cl.NCC1(C(=O)NCC(=O)Nc2ccccc2)CCOCC1. The molecule has 0 aliphatic carbocycles. The molecule has 122 valence electrons. The van der Waals surface area contributed by atoms with Crippen molar-refractivity contribution in [3.05, 3.63) is 30.3 Å². The molecule has 1 aliphatic rings. The summed E-state index contributed by atoms with van der Waals surface area (Å²) in [5.74, 6) is -0.426. The number of halogens is 1. The number of nitrogens with one attached hydrogen (secondary N) is 2. The number of rotatable bonds is 5. The average molecular weight is 328 g/mol. The minimum absolute atomic E-state index is 0. The lowest BCUT2D eigenvalue weighted by atomic mass is 9.79. The molecule has 2 amide bonds. The number of benzene rings is 1. The smallest absolute Gasteiger partial charge is 0.243 e. The maximum Gasteiger partial charge on any atom is 0.243 e. The van der Waals surface area contributed by atoms with Gasteiger partial charge in [0.2, 0.25) is 11.8 Å². The van der Waals surface area contributed by atoms with Crippen molar-refractivity contribution in [2.75, 3.05) is 31.6 Å². The quantitative estimate of drug-likeness (QED) is 0.749. The van der Waals surface area contributed by atoms with Gasteiger partial charge in [0.25, 0.3) is 0 Å². The molecule has 1 fully saturated rings. The van der Waals surface area contributed by atoms with Gasteiger partial charge in [-0.25, -0.2) is 0 Å². The van der Waals surface area contributed by atoms with Crippen molar-refractivity contribution in [1.82, 2.24) is 5.32 Å². The molecule has 1 aliphatic heterocycles. The topological polar surface area (TPSA) is 93.5 Å². The molecular formula is C15H22ClN3O3. The van der Waals surface area contributed by atoms with E-state index in [1.165, 1.54) is 0 Å². The average Bonchev–Trinajstić information content (AvgIpc) is 2.54. The van der Waals surface area contributed by atoms with Crippen LogP contribution in [0.2, 0.25) is 0 Å². The molecule has 2 rings (SSSR count). The maximum atomic E-state index is 12.3. The second-order valence-corrected chi connectivity index (χ2v) is 5.19. The molecule has 0 unspecified atom stereocenters. The number of amides is 2. The highest BCUT2D eigenvalue weighted by Crippen LogP contribution is 2.29. The van der Waals surface area contributed by atoms with E-state index in [1.807, 2.05) is 18.2 Å². The van der Waals surface area contributed by atoms with Gasteiger partial charge in [-0.15, -0.1) is 12.4 Å². The Morgan fingerprint density at radius 3 is 2.41 bits per heavy atom. The van der Waals surface area contributed by atoms with Crippen LogP contribution in [0.15, 0.2) is 30.3 Å². The standard InChI is InChI=1S/C15H21N3O3.ClH/c16-11-15(6-8-21-9-7-15)14(20)17-10-13(19)18-12-4-2-1-3-5-12;/h1-5H,6-11,16H2,(H,17,20)(H,18,19);1H. The predicted molar refractivity (Wildman–Crippen MR) is 86.9 cm³/mol. The van der Waals surface area contributed by atoms with Crippen molar-refractivity contribution in [1.29, 1.82) is 0 Å². The molecule has 0 spiro atoms. The van der Waals surface area contributed by atoms with E-state index in [0.29, 0.717) is 31.7 Å². The molecule has 4 N–H and O–H groups in total.